The molecule has 11 aromatic rings. The summed E-state index contributed by atoms with van der Waals surface area (Å²) in [4.78, 5) is 0. The highest BCUT2D eigenvalue weighted by Gasteiger charge is 2.26. The van der Waals surface area contributed by atoms with Gasteiger partial charge in [0.25, 0.3) is 0 Å². The molecule has 11 rings (SSSR count). The van der Waals surface area contributed by atoms with E-state index in [1.165, 1.54) is 58.4 Å². The lowest BCUT2D eigenvalue weighted by molar-refractivity contribution is 0.629. The predicted molar refractivity (Wildman–Crippen MR) is 208 cm³/mol. The quantitative estimate of drug-likeness (QED) is 0.179. The molecular weight excluding hydrogens is 617 g/mol. The van der Waals surface area contributed by atoms with Crippen molar-refractivity contribution in [1.29, 1.82) is 0 Å². The minimum absolute atomic E-state index is 0.812. The summed E-state index contributed by atoms with van der Waals surface area (Å²) in [6.07, 6.45) is 0. The van der Waals surface area contributed by atoms with Crippen LogP contribution in [0.3, 0.4) is 0 Å². The van der Waals surface area contributed by atoms with Crippen LogP contribution in [-0.4, -0.2) is 0 Å². The van der Waals surface area contributed by atoms with Crippen LogP contribution in [0.25, 0.3) is 108 Å². The van der Waals surface area contributed by atoms with E-state index in [-0.39, 0.29) is 0 Å². The number of rotatable bonds is 3. The summed E-state index contributed by atoms with van der Waals surface area (Å²) in [5, 5.41) is 10.7. The van der Waals surface area contributed by atoms with Gasteiger partial charge in [-0.05, 0) is 56.9 Å². The normalized spacial score (nSPS) is 12.1. The minimum atomic E-state index is 0.812. The second-order valence-corrected chi connectivity index (χ2v) is 13.8. The maximum Gasteiger partial charge on any atom is 0.143 e. The average Bonchev–Trinajstić information content (AvgIpc) is 3.84. The van der Waals surface area contributed by atoms with Gasteiger partial charge in [-0.2, -0.15) is 0 Å². The lowest BCUT2D eigenvalue weighted by Crippen LogP contribution is -1.92. The highest BCUT2D eigenvalue weighted by Crippen LogP contribution is 2.52. The van der Waals surface area contributed by atoms with E-state index in [0.29, 0.717) is 0 Å². The molecule has 2 nitrogen and oxygen atoms in total. The first-order valence-electron chi connectivity index (χ1n) is 16.6. The Kier molecular flexibility index (Phi) is 5.57. The van der Waals surface area contributed by atoms with E-state index in [1.54, 1.807) is 0 Å². The Balaban J connectivity index is 1.32. The van der Waals surface area contributed by atoms with Crippen molar-refractivity contribution in [3.8, 4) is 33.6 Å². The van der Waals surface area contributed by atoms with E-state index >= 15 is 0 Å². The Morgan fingerprint density at radius 3 is 1.69 bits per heavy atom. The Morgan fingerprint density at radius 2 is 0.939 bits per heavy atom. The third-order valence-electron chi connectivity index (χ3n) is 10.1. The van der Waals surface area contributed by atoms with Crippen LogP contribution in [0.4, 0.5) is 0 Å². The summed E-state index contributed by atoms with van der Waals surface area (Å²) in [6, 6.07) is 56.5. The lowest BCUT2D eigenvalue weighted by Gasteiger charge is -2.18. The average molecular weight is 643 g/mol. The molecule has 3 heterocycles. The first-order valence-corrected chi connectivity index (χ1v) is 17.4. The molecule has 0 aliphatic rings. The zero-order valence-electron chi connectivity index (χ0n) is 26.2. The van der Waals surface area contributed by atoms with Crippen molar-refractivity contribution >= 4 is 86.0 Å². The second-order valence-electron chi connectivity index (χ2n) is 12.7. The molecule has 0 N–H and O–H groups in total. The molecule has 0 saturated heterocycles. The molecule has 3 heteroatoms. The monoisotopic (exact) mass is 642 g/mol. The van der Waals surface area contributed by atoms with E-state index in [4.69, 9.17) is 8.83 Å². The van der Waals surface area contributed by atoms with Gasteiger partial charge in [0.05, 0.1) is 0 Å². The van der Waals surface area contributed by atoms with Gasteiger partial charge in [0.2, 0.25) is 0 Å². The molecule has 0 spiro atoms. The van der Waals surface area contributed by atoms with Gasteiger partial charge in [-0.25, -0.2) is 0 Å². The van der Waals surface area contributed by atoms with Gasteiger partial charge in [0.15, 0.2) is 0 Å². The Morgan fingerprint density at radius 1 is 0.347 bits per heavy atom. The van der Waals surface area contributed by atoms with Gasteiger partial charge in [0.1, 0.15) is 22.5 Å². The smallest absolute Gasteiger partial charge is 0.143 e. The Labute approximate surface area is 285 Å². The summed E-state index contributed by atoms with van der Waals surface area (Å²) >= 11 is 1.87. The Bertz CT molecular complexity index is 3050. The maximum absolute atomic E-state index is 6.89. The predicted octanol–water partition coefficient (Wildman–Crippen LogP) is 14.0. The summed E-state index contributed by atoms with van der Waals surface area (Å²) in [7, 11) is 0. The fourth-order valence-corrected chi connectivity index (χ4v) is 9.16. The molecule has 0 aliphatic carbocycles. The summed E-state index contributed by atoms with van der Waals surface area (Å²) in [6.45, 7) is 0. The first-order chi connectivity index (χ1) is 24.3. The fraction of sp³-hybridized carbons (Fsp3) is 0. The molecule has 0 atom stereocenters. The van der Waals surface area contributed by atoms with Gasteiger partial charge in [-0.15, -0.1) is 11.3 Å². The van der Waals surface area contributed by atoms with Gasteiger partial charge < -0.3 is 8.83 Å². The van der Waals surface area contributed by atoms with E-state index < -0.39 is 0 Å². The molecule has 0 fully saturated rings. The van der Waals surface area contributed by atoms with Crippen LogP contribution >= 0.6 is 11.3 Å². The fourth-order valence-electron chi connectivity index (χ4n) is 8.03. The van der Waals surface area contributed by atoms with Gasteiger partial charge >= 0.3 is 0 Å². The van der Waals surface area contributed by atoms with Crippen molar-refractivity contribution in [2.75, 3.05) is 0 Å². The number of thiophene rings is 1. The molecular formula is C46H26O2S. The first kappa shape index (κ1) is 26.9. The molecule has 0 radical (unpaired) electrons. The van der Waals surface area contributed by atoms with Crippen molar-refractivity contribution in [2.24, 2.45) is 0 Å². The topological polar surface area (TPSA) is 26.3 Å². The van der Waals surface area contributed by atoms with Gasteiger partial charge in [-0.1, -0.05) is 127 Å². The van der Waals surface area contributed by atoms with E-state index in [0.717, 1.165) is 49.8 Å². The van der Waals surface area contributed by atoms with Crippen molar-refractivity contribution in [3.05, 3.63) is 158 Å². The maximum atomic E-state index is 6.89. The van der Waals surface area contributed by atoms with Crippen LogP contribution in [0, 0.1) is 0 Å². The molecule has 228 valence electrons. The molecule has 0 saturated carbocycles. The van der Waals surface area contributed by atoms with Crippen molar-refractivity contribution in [2.45, 2.75) is 0 Å². The van der Waals surface area contributed by atoms with Crippen LogP contribution in [-0.2, 0) is 0 Å². The van der Waals surface area contributed by atoms with E-state index in [1.807, 2.05) is 23.5 Å². The second kappa shape index (κ2) is 10.2. The largest absolute Gasteiger partial charge is 0.456 e. The van der Waals surface area contributed by atoms with Crippen molar-refractivity contribution < 1.29 is 8.83 Å². The zero-order chi connectivity index (χ0) is 32.1. The van der Waals surface area contributed by atoms with Gasteiger partial charge in [-0.3, -0.25) is 0 Å². The highest BCUT2D eigenvalue weighted by atomic mass is 32.1. The molecule has 0 aliphatic heterocycles. The number of fused-ring (bicyclic) bond motifs is 9. The molecule has 49 heavy (non-hydrogen) atoms. The summed E-state index contributed by atoms with van der Waals surface area (Å²) < 4.78 is 15.8. The van der Waals surface area contributed by atoms with Crippen LogP contribution < -0.4 is 0 Å². The number of hydrogen-bond acceptors (Lipinski definition) is 3. The molecule has 3 aromatic heterocycles. The lowest BCUT2D eigenvalue weighted by atomic mass is 9.83. The van der Waals surface area contributed by atoms with Gasteiger partial charge in [0, 0.05) is 59.1 Å². The Hall–Kier alpha value is -6.16. The third kappa shape index (κ3) is 3.82. The highest BCUT2D eigenvalue weighted by molar-refractivity contribution is 7.25. The van der Waals surface area contributed by atoms with Crippen molar-refractivity contribution in [1.82, 2.24) is 0 Å². The molecule has 0 bridgehead atoms. The van der Waals surface area contributed by atoms with Crippen LogP contribution in [0.2, 0.25) is 0 Å². The summed E-state index contributed by atoms with van der Waals surface area (Å²) in [5.74, 6) is 0.863. The number of hydrogen-bond donors (Lipinski definition) is 0. The SMILES string of the molecule is c1ccc(-c2oc3cc4oc5ccccc5c4cc3c2-c2c3ccccc3c(-c3cccc4sc5ccccc5c34)c3ccccc23)cc1. The number of benzene rings is 8. The number of furan rings is 2. The molecule has 0 amide bonds. The molecule has 0 unspecified atom stereocenters. The van der Waals surface area contributed by atoms with E-state index in [9.17, 15) is 0 Å². The summed E-state index contributed by atoms with van der Waals surface area (Å²) in [5.41, 5.74) is 8.38. The standard InChI is InChI=1S/C46H26O2S/c1-2-13-27(14-3-1)46-45(36-25-35-28-15-8-10-22-37(28)47-38(35)26-39(36)48-46)44-31-18-6-4-16-29(31)42(30-17-5-7-19-32(30)44)34-21-12-24-41-43(34)33-20-9-11-23-40(33)49-41/h1-26H. The minimum Gasteiger partial charge on any atom is -0.456 e. The number of para-hydroxylation sites is 1. The van der Waals surface area contributed by atoms with E-state index in [2.05, 4.69) is 146 Å². The zero-order valence-corrected chi connectivity index (χ0v) is 27.1. The van der Waals surface area contributed by atoms with Crippen LogP contribution in [0.5, 0.6) is 0 Å². The van der Waals surface area contributed by atoms with Crippen molar-refractivity contribution in [3.63, 3.8) is 0 Å². The van der Waals surface area contributed by atoms with Crippen LogP contribution in [0.1, 0.15) is 0 Å². The van der Waals surface area contributed by atoms with Crippen LogP contribution in [0.15, 0.2) is 167 Å². The molecule has 8 aromatic carbocycles. The third-order valence-corrected chi connectivity index (χ3v) is 11.2.